The maximum atomic E-state index is 12.7. The summed E-state index contributed by atoms with van der Waals surface area (Å²) in [6.07, 6.45) is -2.55. The number of aromatic nitrogens is 1. The summed E-state index contributed by atoms with van der Waals surface area (Å²) in [7, 11) is -3.36. The first-order valence-electron chi connectivity index (χ1n) is 5.24. The Morgan fingerprint density at radius 3 is 2.11 bits per heavy atom. The van der Waals surface area contributed by atoms with Crippen molar-refractivity contribution in [2.45, 2.75) is 11.2 Å². The third kappa shape index (κ3) is 2.81. The molecular weight excluding hydrogens is 279 g/mol. The van der Waals surface area contributed by atoms with Crippen LogP contribution in [0.2, 0.25) is 0 Å². The molecule has 2 rings (SSSR count). The molecule has 3 nitrogen and oxygen atoms in total. The maximum absolute atomic E-state index is 12.7. The molecule has 0 saturated carbocycles. The molecule has 0 saturated heterocycles. The van der Waals surface area contributed by atoms with Gasteiger partial charge < -0.3 is 0 Å². The van der Waals surface area contributed by atoms with Crippen molar-refractivity contribution in [1.82, 2.24) is 4.57 Å². The number of hydrogen-bond donors (Lipinski definition) is 0. The molecule has 0 fully saturated rings. The molecule has 0 aliphatic carbocycles. The van der Waals surface area contributed by atoms with Gasteiger partial charge in [-0.15, -0.1) is 13.2 Å². The van der Waals surface area contributed by atoms with E-state index in [9.17, 15) is 21.6 Å². The fourth-order valence-electron chi connectivity index (χ4n) is 1.71. The van der Waals surface area contributed by atoms with Gasteiger partial charge in [0, 0.05) is 12.5 Å². The molecule has 102 valence electrons. The lowest BCUT2D eigenvalue weighted by Gasteiger charge is -2.12. The van der Waals surface area contributed by atoms with E-state index in [0.29, 0.717) is 5.56 Å². The predicted octanol–water partition coefficient (Wildman–Crippen LogP) is 3.03. The summed E-state index contributed by atoms with van der Waals surface area (Å²) in [4.78, 5) is 0.0707. The maximum Gasteiger partial charge on any atom is 0.488 e. The van der Waals surface area contributed by atoms with E-state index in [1.54, 1.807) is 0 Å². The minimum Gasteiger partial charge on any atom is -0.259 e. The fraction of sp³-hybridized carbons (Fsp3) is 0.167. The summed E-state index contributed by atoms with van der Waals surface area (Å²) in [6, 6.07) is 7.90. The topological polar surface area (TPSA) is 39.1 Å². The molecule has 0 aliphatic rings. The van der Waals surface area contributed by atoms with Gasteiger partial charge in [0.25, 0.3) is 0 Å². The Morgan fingerprint density at radius 1 is 1.05 bits per heavy atom. The van der Waals surface area contributed by atoms with Gasteiger partial charge in [0.1, 0.15) is 0 Å². The molecule has 2 aromatic rings. The van der Waals surface area contributed by atoms with Crippen LogP contribution in [0.15, 0.2) is 47.5 Å². The zero-order valence-corrected chi connectivity index (χ0v) is 10.7. The van der Waals surface area contributed by atoms with Gasteiger partial charge in [-0.3, -0.25) is 4.57 Å². The molecule has 7 heteroatoms. The summed E-state index contributed by atoms with van der Waals surface area (Å²) >= 11 is 0. The summed E-state index contributed by atoms with van der Waals surface area (Å²) in [5.41, 5.74) is 0.266. The number of alkyl halides is 3. The van der Waals surface area contributed by atoms with Crippen LogP contribution in [-0.2, 0) is 16.1 Å². The van der Waals surface area contributed by atoms with E-state index in [1.165, 1.54) is 36.4 Å². The highest BCUT2D eigenvalue weighted by molar-refractivity contribution is 7.90. The lowest BCUT2D eigenvalue weighted by atomic mass is 10.1. The second kappa shape index (κ2) is 4.41. The van der Waals surface area contributed by atoms with Crippen LogP contribution < -0.4 is 0 Å². The van der Waals surface area contributed by atoms with Crippen molar-refractivity contribution in [2.75, 3.05) is 6.26 Å². The lowest BCUT2D eigenvalue weighted by molar-refractivity contribution is -0.202. The Kier molecular flexibility index (Phi) is 3.17. The molecular formula is C12H10F3NO2S. The molecule has 0 amide bonds. The van der Waals surface area contributed by atoms with Crippen molar-refractivity contribution < 1.29 is 21.6 Å². The third-order valence-corrected chi connectivity index (χ3v) is 3.73. The zero-order valence-electron chi connectivity index (χ0n) is 9.85. The van der Waals surface area contributed by atoms with Gasteiger partial charge in [0.2, 0.25) is 0 Å². The Labute approximate surface area is 108 Å². The van der Waals surface area contributed by atoms with Gasteiger partial charge in [-0.05, 0) is 29.8 Å². The summed E-state index contributed by atoms with van der Waals surface area (Å²) in [5, 5.41) is 0. The summed E-state index contributed by atoms with van der Waals surface area (Å²) in [6.45, 7) is 0. The molecule has 0 unspecified atom stereocenters. The molecule has 0 aliphatic heterocycles. The Balaban J connectivity index is 2.47. The first-order valence-corrected chi connectivity index (χ1v) is 7.14. The minimum atomic E-state index is -4.51. The SMILES string of the molecule is CS(=O)(=O)c1ccc(-c2cccn2C(F)(F)F)cc1. The van der Waals surface area contributed by atoms with Crippen molar-refractivity contribution in [1.29, 1.82) is 0 Å². The largest absolute Gasteiger partial charge is 0.488 e. The second-order valence-corrected chi connectivity index (χ2v) is 6.04. The first kappa shape index (κ1) is 13.7. The fourth-order valence-corrected chi connectivity index (χ4v) is 2.34. The molecule has 0 N–H and O–H groups in total. The predicted molar refractivity (Wildman–Crippen MR) is 64.3 cm³/mol. The van der Waals surface area contributed by atoms with Crippen molar-refractivity contribution in [3.05, 3.63) is 42.6 Å². The van der Waals surface area contributed by atoms with E-state index in [-0.39, 0.29) is 15.2 Å². The van der Waals surface area contributed by atoms with Crippen LogP contribution >= 0.6 is 0 Å². The Hall–Kier alpha value is -1.76. The monoisotopic (exact) mass is 289 g/mol. The van der Waals surface area contributed by atoms with Gasteiger partial charge in [0.05, 0.1) is 10.6 Å². The van der Waals surface area contributed by atoms with E-state index < -0.39 is 16.1 Å². The van der Waals surface area contributed by atoms with Crippen molar-refractivity contribution >= 4 is 9.84 Å². The number of halogens is 3. The Morgan fingerprint density at radius 2 is 1.63 bits per heavy atom. The standard InChI is InChI=1S/C12H10F3NO2S/c1-19(17,18)10-6-4-9(5-7-10)11-3-2-8-16(11)12(13,14)15/h2-8H,1H3. The van der Waals surface area contributed by atoms with E-state index in [4.69, 9.17) is 0 Å². The quantitative estimate of drug-likeness (QED) is 0.852. The van der Waals surface area contributed by atoms with Crippen LogP contribution in [0.4, 0.5) is 13.2 Å². The average Bonchev–Trinajstić information content (AvgIpc) is 2.76. The van der Waals surface area contributed by atoms with Crippen molar-refractivity contribution in [2.24, 2.45) is 0 Å². The molecule has 0 atom stereocenters. The molecule has 19 heavy (non-hydrogen) atoms. The average molecular weight is 289 g/mol. The van der Waals surface area contributed by atoms with Crippen LogP contribution in [0.1, 0.15) is 0 Å². The number of sulfone groups is 1. The summed E-state index contributed by atoms with van der Waals surface area (Å²) < 4.78 is 60.8. The highest BCUT2D eigenvalue weighted by Gasteiger charge is 2.32. The third-order valence-electron chi connectivity index (χ3n) is 2.60. The van der Waals surface area contributed by atoms with Gasteiger partial charge in [-0.1, -0.05) is 12.1 Å². The zero-order chi connectivity index (χ0) is 14.3. The van der Waals surface area contributed by atoms with Gasteiger partial charge >= 0.3 is 6.30 Å². The molecule has 0 spiro atoms. The number of benzene rings is 1. The number of nitrogens with zero attached hydrogens (tertiary/aromatic N) is 1. The second-order valence-electron chi connectivity index (χ2n) is 4.03. The van der Waals surface area contributed by atoms with E-state index in [2.05, 4.69) is 0 Å². The van der Waals surface area contributed by atoms with E-state index in [0.717, 1.165) is 12.5 Å². The highest BCUT2D eigenvalue weighted by Crippen LogP contribution is 2.30. The number of rotatable bonds is 2. The summed E-state index contributed by atoms with van der Waals surface area (Å²) in [5.74, 6) is 0. The van der Waals surface area contributed by atoms with Crippen LogP contribution in [0.5, 0.6) is 0 Å². The molecule has 1 aromatic carbocycles. The van der Waals surface area contributed by atoms with E-state index >= 15 is 0 Å². The molecule has 0 radical (unpaired) electrons. The molecule has 1 heterocycles. The van der Waals surface area contributed by atoms with Crippen LogP contribution in [0, 0.1) is 0 Å². The molecule has 0 bridgehead atoms. The normalized spacial score (nSPS) is 12.6. The number of hydrogen-bond acceptors (Lipinski definition) is 2. The Bertz CT molecular complexity index is 685. The van der Waals surface area contributed by atoms with Crippen molar-refractivity contribution in [3.63, 3.8) is 0 Å². The minimum absolute atomic E-state index is 0.0347. The van der Waals surface area contributed by atoms with Crippen LogP contribution in [0.3, 0.4) is 0 Å². The first-order chi connectivity index (χ1) is 8.69. The van der Waals surface area contributed by atoms with Gasteiger partial charge in [-0.2, -0.15) is 0 Å². The van der Waals surface area contributed by atoms with Gasteiger partial charge in [-0.25, -0.2) is 8.42 Å². The molecule has 1 aromatic heterocycles. The van der Waals surface area contributed by atoms with Crippen LogP contribution in [0.25, 0.3) is 11.3 Å². The van der Waals surface area contributed by atoms with E-state index in [1.807, 2.05) is 0 Å². The van der Waals surface area contributed by atoms with Crippen molar-refractivity contribution in [3.8, 4) is 11.3 Å². The lowest BCUT2D eigenvalue weighted by Crippen LogP contribution is -2.16. The van der Waals surface area contributed by atoms with Crippen LogP contribution in [-0.4, -0.2) is 19.2 Å². The van der Waals surface area contributed by atoms with Gasteiger partial charge in [0.15, 0.2) is 9.84 Å². The highest BCUT2D eigenvalue weighted by atomic mass is 32.2. The smallest absolute Gasteiger partial charge is 0.259 e.